The Morgan fingerprint density at radius 3 is 2.10 bits per heavy atom. The number of allylic oxidation sites excluding steroid dienone is 2. The number of halogens is 1. The van der Waals surface area contributed by atoms with Crippen LogP contribution in [-0.2, 0) is 0 Å². The molecule has 0 aliphatic carbocycles. The van der Waals surface area contributed by atoms with Gasteiger partial charge in [-0.15, -0.1) is 0 Å². The van der Waals surface area contributed by atoms with Crippen LogP contribution in [-0.4, -0.2) is 0 Å². The van der Waals surface area contributed by atoms with Gasteiger partial charge in [0.05, 0.1) is 4.36 Å². The topological polar surface area (TPSA) is 0 Å². The third-order valence-electron chi connectivity index (χ3n) is 1.11. The predicted molar refractivity (Wildman–Crippen MR) is 51.2 cm³/mol. The largest absolute Gasteiger partial charge is 0.0829 e. The minimum absolute atomic E-state index is 0.651. The molecule has 0 aromatic rings. The number of rotatable bonds is 3. The van der Waals surface area contributed by atoms with Gasteiger partial charge in [0.2, 0.25) is 0 Å². The highest BCUT2D eigenvalue weighted by molar-refractivity contribution is 8.08. The van der Waals surface area contributed by atoms with Gasteiger partial charge in [-0.25, -0.2) is 0 Å². The van der Waals surface area contributed by atoms with Crippen LogP contribution < -0.4 is 0 Å². The number of hydrogen-bond acceptors (Lipinski definition) is 1. The molecule has 0 aliphatic rings. The molecule has 58 valence electrons. The smallest absolute Gasteiger partial charge is 0.0707 e. The van der Waals surface area contributed by atoms with E-state index in [0.717, 1.165) is 6.42 Å². The summed E-state index contributed by atoms with van der Waals surface area (Å²) in [7, 11) is 0. The second kappa shape index (κ2) is 4.86. The van der Waals surface area contributed by atoms with Gasteiger partial charge in [-0.05, 0) is 25.2 Å². The van der Waals surface area contributed by atoms with Crippen LogP contribution in [0.5, 0.6) is 0 Å². The van der Waals surface area contributed by atoms with Crippen LogP contribution in [0.25, 0.3) is 0 Å². The van der Waals surface area contributed by atoms with Crippen LogP contribution in [0.3, 0.4) is 0 Å². The molecule has 0 aromatic heterocycles. The van der Waals surface area contributed by atoms with Crippen molar-refractivity contribution in [3.63, 3.8) is 0 Å². The van der Waals surface area contributed by atoms with Crippen molar-refractivity contribution in [2.75, 3.05) is 0 Å². The summed E-state index contributed by atoms with van der Waals surface area (Å²) in [5.41, 5.74) is 1.33. The fourth-order valence-corrected chi connectivity index (χ4v) is 1.56. The standard InChI is InChI=1S/C8H13ClS/c1-5-8(6(2)3)10-7(4)9/h4-5H2,1-3H3. The van der Waals surface area contributed by atoms with Crippen LogP contribution >= 0.6 is 23.4 Å². The molecule has 0 radical (unpaired) electrons. The first-order valence-electron chi connectivity index (χ1n) is 3.26. The highest BCUT2D eigenvalue weighted by atomic mass is 35.5. The third kappa shape index (κ3) is 4.02. The first-order valence-corrected chi connectivity index (χ1v) is 4.46. The lowest BCUT2D eigenvalue weighted by molar-refractivity contribution is 1.15. The van der Waals surface area contributed by atoms with Crippen LogP contribution in [0.2, 0.25) is 0 Å². The Kier molecular flexibility index (Phi) is 4.92. The van der Waals surface area contributed by atoms with Gasteiger partial charge in [0.15, 0.2) is 0 Å². The lowest BCUT2D eigenvalue weighted by Crippen LogP contribution is -1.76. The lowest BCUT2D eigenvalue weighted by atomic mass is 10.3. The summed E-state index contributed by atoms with van der Waals surface area (Å²) in [4.78, 5) is 1.32. The van der Waals surface area contributed by atoms with Crippen LogP contribution in [0.1, 0.15) is 27.2 Å². The maximum atomic E-state index is 5.63. The maximum Gasteiger partial charge on any atom is 0.0707 e. The summed E-state index contributed by atoms with van der Waals surface area (Å²) in [5.74, 6) is 0. The number of thioether (sulfide) groups is 1. The van der Waals surface area contributed by atoms with E-state index in [4.69, 9.17) is 11.6 Å². The molecule has 0 rings (SSSR count). The van der Waals surface area contributed by atoms with Gasteiger partial charge in [-0.1, -0.05) is 42.4 Å². The fraction of sp³-hybridized carbons (Fsp3) is 0.500. The van der Waals surface area contributed by atoms with Crippen molar-refractivity contribution < 1.29 is 0 Å². The SMILES string of the molecule is C=C(Cl)SC(CC)=C(C)C. The van der Waals surface area contributed by atoms with E-state index >= 15 is 0 Å². The summed E-state index contributed by atoms with van der Waals surface area (Å²) in [6.45, 7) is 9.92. The van der Waals surface area contributed by atoms with Crippen molar-refractivity contribution in [2.24, 2.45) is 0 Å². The van der Waals surface area contributed by atoms with Crippen molar-refractivity contribution in [3.05, 3.63) is 21.4 Å². The van der Waals surface area contributed by atoms with Crippen molar-refractivity contribution in [1.29, 1.82) is 0 Å². The molecule has 0 N–H and O–H groups in total. The van der Waals surface area contributed by atoms with Crippen molar-refractivity contribution in [3.8, 4) is 0 Å². The van der Waals surface area contributed by atoms with E-state index in [2.05, 4.69) is 27.4 Å². The van der Waals surface area contributed by atoms with E-state index in [1.807, 2.05) is 0 Å². The molecule has 0 saturated heterocycles. The Labute approximate surface area is 72.3 Å². The molecule has 0 unspecified atom stereocenters. The second-order valence-corrected chi connectivity index (χ2v) is 4.10. The Morgan fingerprint density at radius 1 is 1.50 bits per heavy atom. The molecule has 0 fully saturated rings. The molecular weight excluding hydrogens is 164 g/mol. The predicted octanol–water partition coefficient (Wildman–Crippen LogP) is 4.13. The van der Waals surface area contributed by atoms with E-state index in [1.165, 1.54) is 10.5 Å². The lowest BCUT2D eigenvalue weighted by Gasteiger charge is -2.03. The molecule has 0 heterocycles. The van der Waals surface area contributed by atoms with Crippen molar-refractivity contribution >= 4 is 23.4 Å². The molecule has 0 saturated carbocycles. The van der Waals surface area contributed by atoms with Gasteiger partial charge in [-0.2, -0.15) is 0 Å². The zero-order chi connectivity index (χ0) is 8.15. The summed E-state index contributed by atoms with van der Waals surface area (Å²) >= 11 is 7.19. The van der Waals surface area contributed by atoms with Crippen LogP contribution in [0.4, 0.5) is 0 Å². The second-order valence-electron chi connectivity index (χ2n) is 2.23. The first-order chi connectivity index (χ1) is 4.57. The minimum Gasteiger partial charge on any atom is -0.0829 e. The van der Waals surface area contributed by atoms with Gasteiger partial charge in [0.25, 0.3) is 0 Å². The molecule has 0 spiro atoms. The molecule has 0 bridgehead atoms. The normalized spacial score (nSPS) is 9.20. The average molecular weight is 177 g/mol. The first kappa shape index (κ1) is 10.1. The van der Waals surface area contributed by atoms with Gasteiger partial charge in [0.1, 0.15) is 0 Å². The summed E-state index contributed by atoms with van der Waals surface area (Å²) < 4.78 is 0.651. The maximum absolute atomic E-state index is 5.63. The minimum atomic E-state index is 0.651. The highest BCUT2D eigenvalue weighted by Crippen LogP contribution is 2.30. The van der Waals surface area contributed by atoms with Gasteiger partial charge < -0.3 is 0 Å². The van der Waals surface area contributed by atoms with E-state index in [9.17, 15) is 0 Å². The Balaban J connectivity index is 4.11. The van der Waals surface area contributed by atoms with Crippen molar-refractivity contribution in [1.82, 2.24) is 0 Å². The van der Waals surface area contributed by atoms with E-state index in [-0.39, 0.29) is 0 Å². The quantitative estimate of drug-likeness (QED) is 0.623. The van der Waals surface area contributed by atoms with Gasteiger partial charge in [-0.3, -0.25) is 0 Å². The molecule has 0 aromatic carbocycles. The number of hydrogen-bond donors (Lipinski definition) is 0. The molecular formula is C8H13ClS. The Morgan fingerprint density at radius 2 is 2.00 bits per heavy atom. The van der Waals surface area contributed by atoms with Crippen LogP contribution in [0.15, 0.2) is 21.4 Å². The van der Waals surface area contributed by atoms with Gasteiger partial charge in [0, 0.05) is 0 Å². The van der Waals surface area contributed by atoms with Crippen LogP contribution in [0, 0.1) is 0 Å². The Hall–Kier alpha value is 0.120. The molecule has 0 aliphatic heterocycles. The fourth-order valence-electron chi connectivity index (χ4n) is 0.661. The molecule has 2 heteroatoms. The average Bonchev–Trinajstić information content (AvgIpc) is 1.81. The van der Waals surface area contributed by atoms with E-state index in [0.29, 0.717) is 4.36 Å². The van der Waals surface area contributed by atoms with Crippen molar-refractivity contribution in [2.45, 2.75) is 27.2 Å². The Bertz CT molecular complexity index is 155. The summed E-state index contributed by atoms with van der Waals surface area (Å²) in [5, 5.41) is 0. The molecule has 0 nitrogen and oxygen atoms in total. The zero-order valence-electron chi connectivity index (χ0n) is 6.70. The summed E-state index contributed by atoms with van der Waals surface area (Å²) in [6, 6.07) is 0. The molecule has 0 atom stereocenters. The van der Waals surface area contributed by atoms with E-state index < -0.39 is 0 Å². The monoisotopic (exact) mass is 176 g/mol. The van der Waals surface area contributed by atoms with E-state index in [1.54, 1.807) is 11.8 Å². The zero-order valence-corrected chi connectivity index (χ0v) is 8.27. The van der Waals surface area contributed by atoms with Gasteiger partial charge >= 0.3 is 0 Å². The summed E-state index contributed by atoms with van der Waals surface area (Å²) in [6.07, 6.45) is 1.04. The molecule has 0 amide bonds. The highest BCUT2D eigenvalue weighted by Gasteiger charge is 1.98. The third-order valence-corrected chi connectivity index (χ3v) is 2.51. The molecule has 10 heavy (non-hydrogen) atoms.